The van der Waals surface area contributed by atoms with Crippen molar-refractivity contribution in [3.63, 3.8) is 0 Å². The van der Waals surface area contributed by atoms with Gasteiger partial charge in [-0.05, 0) is 57.4 Å². The number of nitrogens with one attached hydrogen (secondary N) is 2. The van der Waals surface area contributed by atoms with Gasteiger partial charge in [0, 0.05) is 49.4 Å². The van der Waals surface area contributed by atoms with Crippen molar-refractivity contribution in [2.75, 3.05) is 31.1 Å². The molecule has 0 unspecified atom stereocenters. The molecule has 2 aliphatic rings. The van der Waals surface area contributed by atoms with Gasteiger partial charge in [-0.2, -0.15) is 0 Å². The number of carbonyl (C=O) groups excluding carboxylic acids is 3. The summed E-state index contributed by atoms with van der Waals surface area (Å²) in [6.07, 6.45) is 3.32. The standard InChI is InChI=1S/C21H30N4O3/c1-15(2)24-12-9-17(10-13-24)23-19(26)14-22-21(28)16-5-7-18(8-6-16)25-11-3-4-20(25)27/h5-8,15,17H,3-4,9-14H2,1-2H3,(H,22,28)(H,23,26). The molecule has 7 nitrogen and oxygen atoms in total. The minimum absolute atomic E-state index is 0.0322. The predicted molar refractivity (Wildman–Crippen MR) is 108 cm³/mol. The molecule has 0 saturated carbocycles. The zero-order chi connectivity index (χ0) is 20.1. The molecule has 2 saturated heterocycles. The van der Waals surface area contributed by atoms with E-state index in [1.165, 1.54) is 0 Å². The minimum Gasteiger partial charge on any atom is -0.352 e. The lowest BCUT2D eigenvalue weighted by Crippen LogP contribution is -2.48. The van der Waals surface area contributed by atoms with Crippen LogP contribution in [0.5, 0.6) is 0 Å². The number of benzene rings is 1. The van der Waals surface area contributed by atoms with Gasteiger partial charge < -0.3 is 20.4 Å². The quantitative estimate of drug-likeness (QED) is 0.777. The average molecular weight is 386 g/mol. The molecule has 2 aliphatic heterocycles. The first-order valence-corrected chi connectivity index (χ1v) is 10.2. The molecule has 1 aromatic carbocycles. The SMILES string of the molecule is CC(C)N1CCC(NC(=O)CNC(=O)c2ccc(N3CCCC3=O)cc2)CC1. The van der Waals surface area contributed by atoms with E-state index in [2.05, 4.69) is 29.4 Å². The molecule has 0 atom stereocenters. The molecule has 1 aromatic rings. The number of piperidine rings is 1. The highest BCUT2D eigenvalue weighted by atomic mass is 16.2. The minimum atomic E-state index is -0.288. The molecular weight excluding hydrogens is 356 g/mol. The molecule has 28 heavy (non-hydrogen) atoms. The summed E-state index contributed by atoms with van der Waals surface area (Å²) < 4.78 is 0. The van der Waals surface area contributed by atoms with Gasteiger partial charge in [-0.15, -0.1) is 0 Å². The zero-order valence-corrected chi connectivity index (χ0v) is 16.7. The van der Waals surface area contributed by atoms with Crippen LogP contribution in [-0.4, -0.2) is 60.9 Å². The van der Waals surface area contributed by atoms with Gasteiger partial charge in [-0.3, -0.25) is 14.4 Å². The Kier molecular flexibility index (Phi) is 6.67. The summed E-state index contributed by atoms with van der Waals surface area (Å²) in [5, 5.41) is 5.68. The number of anilines is 1. The normalized spacial score (nSPS) is 18.5. The van der Waals surface area contributed by atoms with Crippen LogP contribution >= 0.6 is 0 Å². The lowest BCUT2D eigenvalue weighted by atomic mass is 10.0. The zero-order valence-electron chi connectivity index (χ0n) is 16.7. The van der Waals surface area contributed by atoms with Crippen molar-refractivity contribution in [3.8, 4) is 0 Å². The molecular formula is C21H30N4O3. The Bertz CT molecular complexity index is 709. The topological polar surface area (TPSA) is 81.8 Å². The highest BCUT2D eigenvalue weighted by molar-refractivity contribution is 5.98. The van der Waals surface area contributed by atoms with E-state index in [0.29, 0.717) is 18.0 Å². The van der Waals surface area contributed by atoms with E-state index in [-0.39, 0.29) is 30.3 Å². The Morgan fingerprint density at radius 2 is 1.79 bits per heavy atom. The molecule has 0 radical (unpaired) electrons. The number of amides is 3. The van der Waals surface area contributed by atoms with Crippen LogP contribution in [0.4, 0.5) is 5.69 Å². The first-order chi connectivity index (χ1) is 13.4. The first-order valence-electron chi connectivity index (χ1n) is 10.2. The molecule has 2 heterocycles. The van der Waals surface area contributed by atoms with E-state index in [4.69, 9.17) is 0 Å². The van der Waals surface area contributed by atoms with Crippen molar-refractivity contribution >= 4 is 23.4 Å². The predicted octanol–water partition coefficient (Wildman–Crippen LogP) is 1.53. The van der Waals surface area contributed by atoms with Gasteiger partial charge in [0.15, 0.2) is 0 Å². The van der Waals surface area contributed by atoms with E-state index in [1.54, 1.807) is 29.2 Å². The van der Waals surface area contributed by atoms with E-state index >= 15 is 0 Å². The molecule has 0 spiro atoms. The van der Waals surface area contributed by atoms with Gasteiger partial charge in [-0.25, -0.2) is 0 Å². The summed E-state index contributed by atoms with van der Waals surface area (Å²) in [6.45, 7) is 7.03. The summed E-state index contributed by atoms with van der Waals surface area (Å²) in [5.41, 5.74) is 1.29. The Hall–Kier alpha value is -2.41. The maximum absolute atomic E-state index is 12.3. The van der Waals surface area contributed by atoms with E-state index < -0.39 is 0 Å². The Labute approximate surface area is 166 Å². The molecule has 152 valence electrons. The highest BCUT2D eigenvalue weighted by Gasteiger charge is 2.23. The maximum Gasteiger partial charge on any atom is 0.251 e. The highest BCUT2D eigenvalue weighted by Crippen LogP contribution is 2.21. The van der Waals surface area contributed by atoms with Gasteiger partial charge in [0.1, 0.15) is 0 Å². The molecule has 2 N–H and O–H groups in total. The third-order valence-corrected chi connectivity index (χ3v) is 5.55. The Morgan fingerprint density at radius 1 is 1.11 bits per heavy atom. The molecule has 0 aliphatic carbocycles. The van der Waals surface area contributed by atoms with Crippen LogP contribution in [0.3, 0.4) is 0 Å². The number of carbonyl (C=O) groups is 3. The van der Waals surface area contributed by atoms with Crippen LogP contribution in [0.15, 0.2) is 24.3 Å². The summed E-state index contributed by atoms with van der Waals surface area (Å²) in [7, 11) is 0. The van der Waals surface area contributed by atoms with Gasteiger partial charge in [-0.1, -0.05) is 0 Å². The van der Waals surface area contributed by atoms with Crippen molar-refractivity contribution in [3.05, 3.63) is 29.8 Å². The van der Waals surface area contributed by atoms with Gasteiger partial charge in [0.05, 0.1) is 6.54 Å². The third-order valence-electron chi connectivity index (χ3n) is 5.55. The van der Waals surface area contributed by atoms with Crippen molar-refractivity contribution < 1.29 is 14.4 Å². The summed E-state index contributed by atoms with van der Waals surface area (Å²) >= 11 is 0. The molecule has 2 fully saturated rings. The number of likely N-dealkylation sites (tertiary alicyclic amines) is 1. The van der Waals surface area contributed by atoms with Crippen LogP contribution in [0.1, 0.15) is 49.9 Å². The van der Waals surface area contributed by atoms with Crippen molar-refractivity contribution in [2.45, 2.75) is 51.6 Å². The number of hydrogen-bond acceptors (Lipinski definition) is 4. The van der Waals surface area contributed by atoms with E-state index in [0.717, 1.165) is 44.6 Å². The van der Waals surface area contributed by atoms with Gasteiger partial charge in [0.25, 0.3) is 5.91 Å². The lowest BCUT2D eigenvalue weighted by Gasteiger charge is -2.34. The Balaban J connectivity index is 1.42. The number of rotatable bonds is 6. The van der Waals surface area contributed by atoms with Crippen LogP contribution < -0.4 is 15.5 Å². The second kappa shape index (κ2) is 9.19. The van der Waals surface area contributed by atoms with Gasteiger partial charge >= 0.3 is 0 Å². The number of nitrogens with zero attached hydrogens (tertiary/aromatic N) is 2. The van der Waals surface area contributed by atoms with Crippen LogP contribution in [0.2, 0.25) is 0 Å². The van der Waals surface area contributed by atoms with Crippen molar-refractivity contribution in [2.24, 2.45) is 0 Å². The molecule has 0 aromatic heterocycles. The second-order valence-electron chi connectivity index (χ2n) is 7.85. The fraction of sp³-hybridized carbons (Fsp3) is 0.571. The smallest absolute Gasteiger partial charge is 0.251 e. The van der Waals surface area contributed by atoms with Crippen molar-refractivity contribution in [1.82, 2.24) is 15.5 Å². The van der Waals surface area contributed by atoms with Crippen molar-refractivity contribution in [1.29, 1.82) is 0 Å². The maximum atomic E-state index is 12.3. The Morgan fingerprint density at radius 3 is 2.36 bits per heavy atom. The first kappa shape index (κ1) is 20.3. The molecule has 0 bridgehead atoms. The third kappa shape index (κ3) is 5.10. The van der Waals surface area contributed by atoms with E-state index in [9.17, 15) is 14.4 Å². The average Bonchev–Trinajstić information content (AvgIpc) is 3.12. The summed E-state index contributed by atoms with van der Waals surface area (Å²) in [4.78, 5) is 40.3. The molecule has 3 amide bonds. The fourth-order valence-electron chi connectivity index (χ4n) is 3.82. The fourth-order valence-corrected chi connectivity index (χ4v) is 3.82. The summed E-state index contributed by atoms with van der Waals surface area (Å²) in [6, 6.07) is 7.65. The molecule has 7 heteroatoms. The monoisotopic (exact) mass is 386 g/mol. The molecule has 3 rings (SSSR count). The van der Waals surface area contributed by atoms with E-state index in [1.807, 2.05) is 0 Å². The van der Waals surface area contributed by atoms with Gasteiger partial charge in [0.2, 0.25) is 11.8 Å². The number of hydrogen-bond donors (Lipinski definition) is 2. The largest absolute Gasteiger partial charge is 0.352 e. The lowest BCUT2D eigenvalue weighted by molar-refractivity contribution is -0.121. The van der Waals surface area contributed by atoms with Crippen LogP contribution in [-0.2, 0) is 9.59 Å². The summed E-state index contributed by atoms with van der Waals surface area (Å²) in [5.74, 6) is -0.326. The van der Waals surface area contributed by atoms with Crippen LogP contribution in [0, 0.1) is 0 Å². The second-order valence-corrected chi connectivity index (χ2v) is 7.85. The van der Waals surface area contributed by atoms with Crippen LogP contribution in [0.25, 0.3) is 0 Å².